The number of sulfonamides is 2. The highest BCUT2D eigenvalue weighted by molar-refractivity contribution is 7.92. The van der Waals surface area contributed by atoms with E-state index in [2.05, 4.69) is 10.0 Å². The van der Waals surface area contributed by atoms with Gasteiger partial charge in [0.15, 0.2) is 0 Å². The Hall–Kier alpha value is -3.61. The molecule has 40 heavy (non-hydrogen) atoms. The summed E-state index contributed by atoms with van der Waals surface area (Å²) in [5.41, 5.74) is 1.43. The maximum Gasteiger partial charge on any atom is 0.262 e. The number of carbonyl (C=O) groups excluding carboxylic acids is 1. The first-order chi connectivity index (χ1) is 19.0. The standard InChI is InChI=1S/C28H33N3O7S2/c1-20-8-12-24(40(35,36)31-16-6-4-5-7-17-31)19-25(20)28(32)29-21-9-13-23(14-10-21)39(33,34)30-26-15-11-22(37-2)18-27(26)38-3/h8-15,18-19,30H,4-7,16-17H2,1-3H3,(H,29,32). The van der Waals surface area contributed by atoms with Crippen LogP contribution in [0.15, 0.2) is 70.5 Å². The van der Waals surface area contributed by atoms with Crippen LogP contribution in [0.5, 0.6) is 11.5 Å². The zero-order chi connectivity index (χ0) is 28.9. The predicted molar refractivity (Wildman–Crippen MR) is 153 cm³/mol. The van der Waals surface area contributed by atoms with Crippen molar-refractivity contribution in [2.45, 2.75) is 42.4 Å². The quantitative estimate of drug-likeness (QED) is 0.373. The smallest absolute Gasteiger partial charge is 0.262 e. The monoisotopic (exact) mass is 587 g/mol. The largest absolute Gasteiger partial charge is 0.497 e. The van der Waals surface area contributed by atoms with Crippen LogP contribution in [0.25, 0.3) is 0 Å². The van der Waals surface area contributed by atoms with Gasteiger partial charge in [-0.15, -0.1) is 0 Å². The lowest BCUT2D eigenvalue weighted by Gasteiger charge is -2.20. The van der Waals surface area contributed by atoms with Crippen molar-refractivity contribution in [3.8, 4) is 11.5 Å². The first kappa shape index (κ1) is 29.4. The molecule has 0 aromatic heterocycles. The normalized spacial score (nSPS) is 14.7. The summed E-state index contributed by atoms with van der Waals surface area (Å²) in [5.74, 6) is 0.310. The summed E-state index contributed by atoms with van der Waals surface area (Å²) in [6, 6.07) is 14.9. The Balaban J connectivity index is 1.50. The van der Waals surface area contributed by atoms with Gasteiger partial charge in [-0.1, -0.05) is 18.9 Å². The molecule has 214 valence electrons. The molecule has 4 rings (SSSR count). The van der Waals surface area contributed by atoms with E-state index >= 15 is 0 Å². The first-order valence-electron chi connectivity index (χ1n) is 12.8. The van der Waals surface area contributed by atoms with Crippen molar-refractivity contribution in [2.24, 2.45) is 0 Å². The van der Waals surface area contributed by atoms with Gasteiger partial charge in [0.1, 0.15) is 11.5 Å². The number of ether oxygens (including phenoxy) is 2. The number of hydrogen-bond acceptors (Lipinski definition) is 7. The third kappa shape index (κ3) is 6.57. The Morgan fingerprint density at radius 3 is 2.08 bits per heavy atom. The van der Waals surface area contributed by atoms with E-state index in [1.165, 1.54) is 61.0 Å². The number of amides is 1. The summed E-state index contributed by atoms with van der Waals surface area (Å²) >= 11 is 0. The molecular formula is C28H33N3O7S2. The third-order valence-electron chi connectivity index (χ3n) is 6.73. The molecule has 1 saturated heterocycles. The topological polar surface area (TPSA) is 131 Å². The Morgan fingerprint density at radius 1 is 0.800 bits per heavy atom. The molecule has 12 heteroatoms. The van der Waals surface area contributed by atoms with Crippen LogP contribution >= 0.6 is 0 Å². The van der Waals surface area contributed by atoms with Gasteiger partial charge in [-0.25, -0.2) is 16.8 Å². The fourth-order valence-electron chi connectivity index (χ4n) is 4.44. The molecule has 0 aliphatic carbocycles. The van der Waals surface area contributed by atoms with Gasteiger partial charge in [0.05, 0.1) is 29.7 Å². The van der Waals surface area contributed by atoms with Gasteiger partial charge in [0, 0.05) is 30.4 Å². The predicted octanol–water partition coefficient (Wildman–Crippen LogP) is 4.63. The Bertz CT molecular complexity index is 1580. The Morgan fingerprint density at radius 2 is 1.45 bits per heavy atom. The molecule has 3 aromatic carbocycles. The molecule has 2 N–H and O–H groups in total. The third-order valence-corrected chi connectivity index (χ3v) is 10.0. The van der Waals surface area contributed by atoms with Gasteiger partial charge in [-0.2, -0.15) is 4.31 Å². The second-order valence-corrected chi connectivity index (χ2v) is 13.1. The number of methoxy groups -OCH3 is 2. The highest BCUT2D eigenvalue weighted by Gasteiger charge is 2.26. The molecule has 0 atom stereocenters. The van der Waals surface area contributed by atoms with Gasteiger partial charge in [-0.05, 0) is 73.9 Å². The molecule has 1 amide bonds. The van der Waals surface area contributed by atoms with Crippen molar-refractivity contribution in [2.75, 3.05) is 37.3 Å². The van der Waals surface area contributed by atoms with Crippen molar-refractivity contribution in [3.05, 3.63) is 71.8 Å². The molecule has 0 spiro atoms. The highest BCUT2D eigenvalue weighted by atomic mass is 32.2. The molecule has 1 fully saturated rings. The van der Waals surface area contributed by atoms with Gasteiger partial charge in [0.2, 0.25) is 10.0 Å². The van der Waals surface area contributed by atoms with Gasteiger partial charge in [-0.3, -0.25) is 9.52 Å². The summed E-state index contributed by atoms with van der Waals surface area (Å²) in [7, 11) is -4.77. The summed E-state index contributed by atoms with van der Waals surface area (Å²) in [4.78, 5) is 13.2. The van der Waals surface area contributed by atoms with Crippen LogP contribution in [-0.2, 0) is 20.0 Å². The van der Waals surface area contributed by atoms with Crippen LogP contribution < -0.4 is 19.5 Å². The molecule has 0 unspecified atom stereocenters. The summed E-state index contributed by atoms with van der Waals surface area (Å²) < 4.78 is 66.8. The lowest BCUT2D eigenvalue weighted by molar-refractivity contribution is 0.102. The number of hydrogen-bond donors (Lipinski definition) is 2. The van der Waals surface area contributed by atoms with Crippen molar-refractivity contribution in [1.82, 2.24) is 4.31 Å². The van der Waals surface area contributed by atoms with Crippen LogP contribution in [-0.4, -0.2) is 54.4 Å². The van der Waals surface area contributed by atoms with Crippen LogP contribution in [0.1, 0.15) is 41.6 Å². The van der Waals surface area contributed by atoms with Crippen LogP contribution in [0.2, 0.25) is 0 Å². The second-order valence-electron chi connectivity index (χ2n) is 9.45. The van der Waals surface area contributed by atoms with Gasteiger partial charge < -0.3 is 14.8 Å². The van der Waals surface area contributed by atoms with Crippen molar-refractivity contribution in [1.29, 1.82) is 0 Å². The van der Waals surface area contributed by atoms with E-state index in [1.807, 2.05) is 0 Å². The van der Waals surface area contributed by atoms with Crippen molar-refractivity contribution in [3.63, 3.8) is 0 Å². The number of aryl methyl sites for hydroxylation is 1. The maximum atomic E-state index is 13.2. The minimum absolute atomic E-state index is 0.0231. The average molecular weight is 588 g/mol. The lowest BCUT2D eigenvalue weighted by Crippen LogP contribution is -2.32. The zero-order valence-corrected chi connectivity index (χ0v) is 24.3. The van der Waals surface area contributed by atoms with E-state index in [0.717, 1.165) is 25.7 Å². The van der Waals surface area contributed by atoms with Crippen LogP contribution in [0, 0.1) is 6.92 Å². The van der Waals surface area contributed by atoms with Crippen molar-refractivity contribution < 1.29 is 31.1 Å². The number of nitrogens with one attached hydrogen (secondary N) is 2. The fraction of sp³-hybridized carbons (Fsp3) is 0.321. The van der Waals surface area contributed by atoms with Gasteiger partial charge >= 0.3 is 0 Å². The van der Waals surface area contributed by atoms with Gasteiger partial charge in [0.25, 0.3) is 15.9 Å². The Kier molecular flexibility index (Phi) is 9.02. The fourth-order valence-corrected chi connectivity index (χ4v) is 7.05. The summed E-state index contributed by atoms with van der Waals surface area (Å²) in [6.07, 6.45) is 3.62. The minimum Gasteiger partial charge on any atom is -0.497 e. The van der Waals surface area contributed by atoms with E-state index in [4.69, 9.17) is 9.47 Å². The van der Waals surface area contributed by atoms with Crippen molar-refractivity contribution >= 4 is 37.3 Å². The average Bonchev–Trinajstić information content (AvgIpc) is 3.24. The molecular weight excluding hydrogens is 554 g/mol. The number of benzene rings is 3. The summed E-state index contributed by atoms with van der Waals surface area (Å²) in [5, 5.41) is 2.73. The zero-order valence-electron chi connectivity index (χ0n) is 22.6. The van der Waals surface area contributed by atoms with E-state index in [1.54, 1.807) is 25.1 Å². The van der Waals surface area contributed by atoms with E-state index in [9.17, 15) is 21.6 Å². The molecule has 10 nitrogen and oxygen atoms in total. The summed E-state index contributed by atoms with van der Waals surface area (Å²) in [6.45, 7) is 2.66. The number of anilines is 2. The molecule has 0 radical (unpaired) electrons. The molecule has 1 aliphatic heterocycles. The number of rotatable bonds is 9. The lowest BCUT2D eigenvalue weighted by atomic mass is 10.1. The minimum atomic E-state index is -3.96. The molecule has 1 heterocycles. The maximum absolute atomic E-state index is 13.2. The SMILES string of the molecule is COc1ccc(NS(=O)(=O)c2ccc(NC(=O)c3cc(S(=O)(=O)N4CCCCCC4)ccc3C)cc2)c(OC)c1. The van der Waals surface area contributed by atoms with Crippen LogP contribution in [0.3, 0.4) is 0 Å². The first-order valence-corrected chi connectivity index (χ1v) is 15.7. The van der Waals surface area contributed by atoms with E-state index in [0.29, 0.717) is 35.8 Å². The molecule has 3 aromatic rings. The highest BCUT2D eigenvalue weighted by Crippen LogP contribution is 2.31. The number of nitrogens with zero attached hydrogens (tertiary/aromatic N) is 1. The molecule has 0 bridgehead atoms. The molecule has 1 aliphatic rings. The second kappa shape index (κ2) is 12.3. The number of carbonyl (C=O) groups is 1. The molecule has 0 saturated carbocycles. The van der Waals surface area contributed by atoms with Crippen LogP contribution in [0.4, 0.5) is 11.4 Å². The van der Waals surface area contributed by atoms with E-state index in [-0.39, 0.29) is 21.0 Å². The van der Waals surface area contributed by atoms with E-state index < -0.39 is 26.0 Å². The Labute approximate surface area is 235 Å².